The summed E-state index contributed by atoms with van der Waals surface area (Å²) in [6.07, 6.45) is -3.31. The van der Waals surface area contributed by atoms with Gasteiger partial charge in [0.15, 0.2) is 0 Å². The molecular weight excluding hydrogens is 331 g/mol. The van der Waals surface area contributed by atoms with E-state index in [9.17, 15) is 18.0 Å². The lowest BCUT2D eigenvalue weighted by molar-refractivity contribution is -0.137. The van der Waals surface area contributed by atoms with Crippen LogP contribution in [0.15, 0.2) is 60.3 Å². The molecule has 0 atom stereocenters. The first-order chi connectivity index (χ1) is 11.8. The normalized spacial score (nSPS) is 11.6. The SMILES string of the molecule is Cc1ccc(N/C=C(\C#N)C(=O)Nc2cccc(C(F)(F)F)c2)cc1. The average molecular weight is 345 g/mol. The summed E-state index contributed by atoms with van der Waals surface area (Å²) in [5.41, 5.74) is 0.530. The summed E-state index contributed by atoms with van der Waals surface area (Å²) in [4.78, 5) is 12.1. The molecule has 2 aromatic rings. The van der Waals surface area contributed by atoms with Crippen molar-refractivity contribution in [1.29, 1.82) is 5.26 Å². The molecule has 4 nitrogen and oxygen atoms in total. The molecule has 0 fully saturated rings. The minimum atomic E-state index is -4.51. The lowest BCUT2D eigenvalue weighted by Gasteiger charge is -2.09. The van der Waals surface area contributed by atoms with E-state index < -0.39 is 17.6 Å². The molecule has 2 N–H and O–H groups in total. The summed E-state index contributed by atoms with van der Waals surface area (Å²) < 4.78 is 38.0. The van der Waals surface area contributed by atoms with Gasteiger partial charge in [-0.1, -0.05) is 23.8 Å². The van der Waals surface area contributed by atoms with Gasteiger partial charge in [-0.2, -0.15) is 18.4 Å². The number of anilines is 2. The number of carbonyl (C=O) groups excluding carboxylic acids is 1. The van der Waals surface area contributed by atoms with Crippen LogP contribution in [0.4, 0.5) is 24.5 Å². The van der Waals surface area contributed by atoms with E-state index in [-0.39, 0.29) is 11.3 Å². The zero-order chi connectivity index (χ0) is 18.4. The third-order valence-corrected chi connectivity index (χ3v) is 3.25. The molecule has 0 unspecified atom stereocenters. The fraction of sp³-hybridized carbons (Fsp3) is 0.111. The molecule has 25 heavy (non-hydrogen) atoms. The summed E-state index contributed by atoms with van der Waals surface area (Å²) in [7, 11) is 0. The Labute approximate surface area is 142 Å². The first kappa shape index (κ1) is 18.1. The number of amides is 1. The molecule has 0 aromatic heterocycles. The van der Waals surface area contributed by atoms with Crippen LogP contribution in [-0.4, -0.2) is 5.91 Å². The van der Waals surface area contributed by atoms with Gasteiger partial charge in [-0.15, -0.1) is 0 Å². The molecule has 0 spiro atoms. The van der Waals surface area contributed by atoms with Crippen LogP contribution in [-0.2, 0) is 11.0 Å². The highest BCUT2D eigenvalue weighted by Crippen LogP contribution is 2.30. The second-order valence-corrected chi connectivity index (χ2v) is 5.21. The molecule has 0 heterocycles. The van der Waals surface area contributed by atoms with Crippen LogP contribution in [0.5, 0.6) is 0 Å². The highest BCUT2D eigenvalue weighted by molar-refractivity contribution is 6.06. The Kier molecular flexibility index (Phi) is 5.45. The number of halogens is 3. The van der Waals surface area contributed by atoms with E-state index in [0.717, 1.165) is 17.7 Å². The van der Waals surface area contributed by atoms with Gasteiger partial charge in [0.2, 0.25) is 0 Å². The Balaban J connectivity index is 2.11. The molecule has 128 valence electrons. The number of carbonyl (C=O) groups is 1. The van der Waals surface area contributed by atoms with Gasteiger partial charge >= 0.3 is 6.18 Å². The first-order valence-corrected chi connectivity index (χ1v) is 7.21. The van der Waals surface area contributed by atoms with Gasteiger partial charge in [0.1, 0.15) is 11.6 Å². The van der Waals surface area contributed by atoms with Gasteiger partial charge in [0.25, 0.3) is 5.91 Å². The molecule has 1 amide bonds. The zero-order valence-corrected chi connectivity index (χ0v) is 13.2. The van der Waals surface area contributed by atoms with Crippen LogP contribution < -0.4 is 10.6 Å². The van der Waals surface area contributed by atoms with Crippen LogP contribution in [0.3, 0.4) is 0 Å². The Bertz CT molecular complexity index is 834. The quantitative estimate of drug-likeness (QED) is 0.635. The molecule has 0 saturated carbocycles. The van der Waals surface area contributed by atoms with Crippen LogP contribution in [0.2, 0.25) is 0 Å². The van der Waals surface area contributed by atoms with E-state index in [2.05, 4.69) is 10.6 Å². The predicted octanol–water partition coefficient (Wildman–Crippen LogP) is 4.47. The Morgan fingerprint density at radius 3 is 2.40 bits per heavy atom. The third-order valence-electron chi connectivity index (χ3n) is 3.25. The van der Waals surface area contributed by atoms with E-state index in [1.54, 1.807) is 18.2 Å². The highest BCUT2D eigenvalue weighted by atomic mass is 19.4. The Hall–Kier alpha value is -3.27. The van der Waals surface area contributed by atoms with Crippen LogP contribution >= 0.6 is 0 Å². The van der Waals surface area contributed by atoms with Crippen molar-refractivity contribution >= 4 is 17.3 Å². The maximum atomic E-state index is 12.7. The third kappa shape index (κ3) is 5.11. The standard InChI is InChI=1S/C18H14F3N3O/c1-12-5-7-15(8-6-12)23-11-13(10-22)17(25)24-16-4-2-3-14(9-16)18(19,20)21/h2-9,11,23H,1H3,(H,24,25)/b13-11+. The number of aryl methyl sites for hydroxylation is 1. The summed E-state index contributed by atoms with van der Waals surface area (Å²) in [5, 5.41) is 14.2. The number of nitrogens with one attached hydrogen (secondary N) is 2. The Morgan fingerprint density at radius 1 is 1.12 bits per heavy atom. The molecule has 2 aromatic carbocycles. The number of alkyl halides is 3. The molecule has 0 saturated heterocycles. The smallest absolute Gasteiger partial charge is 0.360 e. The highest BCUT2D eigenvalue weighted by Gasteiger charge is 2.30. The fourth-order valence-electron chi connectivity index (χ4n) is 1.93. The molecule has 0 aliphatic heterocycles. The number of nitrogens with zero attached hydrogens (tertiary/aromatic N) is 1. The lowest BCUT2D eigenvalue weighted by atomic mass is 10.2. The minimum Gasteiger partial charge on any atom is -0.360 e. The molecule has 0 bridgehead atoms. The number of hydrogen-bond donors (Lipinski definition) is 2. The molecule has 7 heteroatoms. The van der Waals surface area contributed by atoms with Crippen molar-refractivity contribution in [2.45, 2.75) is 13.1 Å². The molecule has 0 aliphatic carbocycles. The zero-order valence-electron chi connectivity index (χ0n) is 13.2. The van der Waals surface area contributed by atoms with Crippen molar-refractivity contribution in [3.8, 4) is 6.07 Å². The molecule has 0 radical (unpaired) electrons. The first-order valence-electron chi connectivity index (χ1n) is 7.21. The van der Waals surface area contributed by atoms with Crippen molar-refractivity contribution in [3.63, 3.8) is 0 Å². The van der Waals surface area contributed by atoms with E-state index >= 15 is 0 Å². The summed E-state index contributed by atoms with van der Waals surface area (Å²) >= 11 is 0. The monoisotopic (exact) mass is 345 g/mol. The minimum absolute atomic E-state index is 0.0451. The van der Waals surface area contributed by atoms with Crippen molar-refractivity contribution in [1.82, 2.24) is 0 Å². The van der Waals surface area contributed by atoms with Crippen LogP contribution in [0, 0.1) is 18.3 Å². The van der Waals surface area contributed by atoms with Crippen molar-refractivity contribution in [2.75, 3.05) is 10.6 Å². The molecular formula is C18H14F3N3O. The number of rotatable bonds is 4. The van der Waals surface area contributed by atoms with Gasteiger partial charge in [-0.3, -0.25) is 4.79 Å². The molecule has 2 rings (SSSR count). The topological polar surface area (TPSA) is 64.9 Å². The maximum Gasteiger partial charge on any atom is 0.416 e. The summed E-state index contributed by atoms with van der Waals surface area (Å²) in [6, 6.07) is 13.2. The van der Waals surface area contributed by atoms with Gasteiger partial charge in [0, 0.05) is 17.6 Å². The summed E-state index contributed by atoms with van der Waals surface area (Å²) in [6.45, 7) is 1.92. The van der Waals surface area contributed by atoms with Gasteiger partial charge < -0.3 is 10.6 Å². The van der Waals surface area contributed by atoms with Crippen molar-refractivity contribution in [3.05, 3.63) is 71.4 Å². The number of hydrogen-bond acceptors (Lipinski definition) is 3. The summed E-state index contributed by atoms with van der Waals surface area (Å²) in [5.74, 6) is -0.804. The van der Waals surface area contributed by atoms with E-state index in [1.807, 2.05) is 19.1 Å². The lowest BCUT2D eigenvalue weighted by Crippen LogP contribution is -2.15. The number of benzene rings is 2. The second kappa shape index (κ2) is 7.53. The average Bonchev–Trinajstić information content (AvgIpc) is 2.56. The second-order valence-electron chi connectivity index (χ2n) is 5.21. The van der Waals surface area contributed by atoms with Crippen LogP contribution in [0.1, 0.15) is 11.1 Å². The van der Waals surface area contributed by atoms with E-state index in [1.165, 1.54) is 18.3 Å². The van der Waals surface area contributed by atoms with Gasteiger partial charge in [0.05, 0.1) is 5.56 Å². The van der Waals surface area contributed by atoms with Crippen LogP contribution in [0.25, 0.3) is 0 Å². The largest absolute Gasteiger partial charge is 0.416 e. The van der Waals surface area contributed by atoms with E-state index in [0.29, 0.717) is 5.69 Å². The number of nitriles is 1. The van der Waals surface area contributed by atoms with Crippen molar-refractivity contribution < 1.29 is 18.0 Å². The van der Waals surface area contributed by atoms with Gasteiger partial charge in [-0.05, 0) is 37.3 Å². The predicted molar refractivity (Wildman–Crippen MR) is 88.6 cm³/mol. The fourth-order valence-corrected chi connectivity index (χ4v) is 1.93. The van der Waals surface area contributed by atoms with Crippen molar-refractivity contribution in [2.24, 2.45) is 0 Å². The maximum absolute atomic E-state index is 12.7. The van der Waals surface area contributed by atoms with Gasteiger partial charge in [-0.25, -0.2) is 0 Å². The van der Waals surface area contributed by atoms with E-state index in [4.69, 9.17) is 5.26 Å². The Morgan fingerprint density at radius 2 is 1.80 bits per heavy atom. The molecule has 0 aliphatic rings.